The second-order valence-corrected chi connectivity index (χ2v) is 7.91. The molecule has 1 aromatic heterocycles. The van der Waals surface area contributed by atoms with Gasteiger partial charge in [0.2, 0.25) is 0 Å². The largest absolute Gasteiger partial charge is 0.497 e. The molecule has 3 aromatic carbocycles. The van der Waals surface area contributed by atoms with Crippen LogP contribution in [0.2, 0.25) is 5.02 Å². The van der Waals surface area contributed by atoms with Crippen molar-refractivity contribution in [3.8, 4) is 28.8 Å². The molecule has 1 heterocycles. The quantitative estimate of drug-likeness (QED) is 0.275. The van der Waals surface area contributed by atoms with Crippen LogP contribution in [0.4, 0.5) is 5.69 Å². The predicted octanol–water partition coefficient (Wildman–Crippen LogP) is 6.06. The highest BCUT2D eigenvalue weighted by Crippen LogP contribution is 2.31. The maximum absolute atomic E-state index is 12.9. The van der Waals surface area contributed by atoms with Gasteiger partial charge in [0.15, 0.2) is 0 Å². The number of nitrogens with zero attached hydrogens (tertiary/aromatic N) is 3. The topological polar surface area (TPSA) is 79.9 Å². The summed E-state index contributed by atoms with van der Waals surface area (Å²) in [6.45, 7) is 1.96. The number of amides is 1. The van der Waals surface area contributed by atoms with Gasteiger partial charge in [-0.2, -0.15) is 10.4 Å². The number of carbonyl (C=O) groups is 1. The summed E-state index contributed by atoms with van der Waals surface area (Å²) >= 11 is 6.15. The molecule has 4 aromatic rings. The lowest BCUT2D eigenvalue weighted by molar-refractivity contribution is -0.112. The van der Waals surface area contributed by atoms with Gasteiger partial charge in [-0.3, -0.25) is 4.79 Å². The molecule has 168 valence electrons. The number of ether oxygens (including phenoxy) is 1. The predicted molar refractivity (Wildman–Crippen MR) is 134 cm³/mol. The first-order chi connectivity index (χ1) is 16.5. The van der Waals surface area contributed by atoms with Crippen molar-refractivity contribution in [1.82, 2.24) is 9.78 Å². The number of para-hydroxylation sites is 2. The van der Waals surface area contributed by atoms with Crippen molar-refractivity contribution in [2.45, 2.75) is 6.92 Å². The van der Waals surface area contributed by atoms with E-state index in [-0.39, 0.29) is 5.57 Å². The zero-order valence-electron chi connectivity index (χ0n) is 18.6. The average molecular weight is 469 g/mol. The third-order valence-electron chi connectivity index (χ3n) is 5.24. The van der Waals surface area contributed by atoms with E-state index in [9.17, 15) is 10.1 Å². The van der Waals surface area contributed by atoms with Crippen molar-refractivity contribution in [3.63, 3.8) is 0 Å². The van der Waals surface area contributed by atoms with Gasteiger partial charge >= 0.3 is 0 Å². The van der Waals surface area contributed by atoms with Crippen molar-refractivity contribution < 1.29 is 9.53 Å². The molecule has 7 heteroatoms. The van der Waals surface area contributed by atoms with E-state index in [4.69, 9.17) is 21.4 Å². The molecular weight excluding hydrogens is 448 g/mol. The fourth-order valence-electron chi connectivity index (χ4n) is 3.50. The minimum absolute atomic E-state index is 0.0695. The number of carbonyl (C=O) groups excluding carboxylic acids is 1. The van der Waals surface area contributed by atoms with Gasteiger partial charge in [-0.05, 0) is 61.0 Å². The van der Waals surface area contributed by atoms with E-state index in [1.54, 1.807) is 42.3 Å². The Morgan fingerprint density at radius 1 is 1.12 bits per heavy atom. The molecule has 0 spiro atoms. The van der Waals surface area contributed by atoms with Gasteiger partial charge in [0.05, 0.1) is 23.5 Å². The Morgan fingerprint density at radius 3 is 2.53 bits per heavy atom. The maximum atomic E-state index is 12.9. The fourth-order valence-corrected chi connectivity index (χ4v) is 3.68. The van der Waals surface area contributed by atoms with E-state index < -0.39 is 5.91 Å². The third-order valence-corrected chi connectivity index (χ3v) is 5.57. The number of hydrogen-bond acceptors (Lipinski definition) is 4. The number of hydrogen-bond donors (Lipinski definition) is 1. The Bertz CT molecular complexity index is 1420. The lowest BCUT2D eigenvalue weighted by Gasteiger charge is -2.08. The van der Waals surface area contributed by atoms with E-state index in [1.165, 1.54) is 6.08 Å². The van der Waals surface area contributed by atoms with Crippen molar-refractivity contribution in [2.75, 3.05) is 12.4 Å². The van der Waals surface area contributed by atoms with Crippen LogP contribution in [-0.4, -0.2) is 22.8 Å². The summed E-state index contributed by atoms with van der Waals surface area (Å²) in [4.78, 5) is 12.9. The number of benzene rings is 3. The van der Waals surface area contributed by atoms with Crippen LogP contribution in [0.1, 0.15) is 11.1 Å². The van der Waals surface area contributed by atoms with Crippen LogP contribution in [0, 0.1) is 18.3 Å². The van der Waals surface area contributed by atoms with Gasteiger partial charge in [-0.1, -0.05) is 41.9 Å². The molecule has 6 nitrogen and oxygen atoms in total. The molecule has 0 fully saturated rings. The van der Waals surface area contributed by atoms with Crippen molar-refractivity contribution in [2.24, 2.45) is 0 Å². The van der Waals surface area contributed by atoms with Gasteiger partial charge in [0.1, 0.15) is 23.1 Å². The van der Waals surface area contributed by atoms with Gasteiger partial charge in [-0.25, -0.2) is 4.68 Å². The van der Waals surface area contributed by atoms with E-state index in [0.717, 1.165) is 22.6 Å². The molecule has 0 aliphatic carbocycles. The van der Waals surface area contributed by atoms with E-state index in [0.29, 0.717) is 22.0 Å². The molecule has 0 saturated heterocycles. The Morgan fingerprint density at radius 2 is 1.85 bits per heavy atom. The summed E-state index contributed by atoms with van der Waals surface area (Å²) in [6.07, 6.45) is 3.34. The molecule has 0 unspecified atom stereocenters. The number of aromatic nitrogens is 2. The minimum atomic E-state index is -0.555. The van der Waals surface area contributed by atoms with Crippen molar-refractivity contribution in [3.05, 3.63) is 101 Å². The summed E-state index contributed by atoms with van der Waals surface area (Å²) in [5.74, 6) is 0.179. The Labute approximate surface area is 202 Å². The highest BCUT2D eigenvalue weighted by atomic mass is 35.5. The number of nitrogens with one attached hydrogen (secondary N) is 1. The summed E-state index contributed by atoms with van der Waals surface area (Å²) in [7, 11) is 1.61. The second-order valence-electron chi connectivity index (χ2n) is 7.50. The summed E-state index contributed by atoms with van der Waals surface area (Å²) < 4.78 is 7.05. The van der Waals surface area contributed by atoms with Gasteiger partial charge in [0.25, 0.3) is 5.91 Å². The van der Waals surface area contributed by atoms with Crippen molar-refractivity contribution in [1.29, 1.82) is 5.26 Å². The number of nitriles is 1. The lowest BCUT2D eigenvalue weighted by atomic mass is 10.0. The average Bonchev–Trinajstić information content (AvgIpc) is 3.27. The molecule has 0 bridgehead atoms. The highest BCUT2D eigenvalue weighted by molar-refractivity contribution is 6.34. The molecular formula is C27H21ClN4O2. The molecule has 0 radical (unpaired) electrons. The smallest absolute Gasteiger partial charge is 0.266 e. The number of rotatable bonds is 6. The first kappa shape index (κ1) is 22.8. The van der Waals surface area contributed by atoms with Crippen LogP contribution in [0.15, 0.2) is 84.6 Å². The van der Waals surface area contributed by atoms with Crippen LogP contribution in [0.3, 0.4) is 0 Å². The molecule has 0 saturated carbocycles. The zero-order chi connectivity index (χ0) is 24.1. The van der Waals surface area contributed by atoms with Crippen LogP contribution < -0.4 is 10.1 Å². The number of aryl methyl sites for hydroxylation is 1. The standard InChI is InChI=1S/C27H21ClN4O2/c1-18-14-22(34-2)12-13-23(18)26-20(17-32(31-26)21-8-4-3-5-9-21)15-19(16-29)27(33)30-25-11-7-6-10-24(25)28/h3-15,17H,1-2H3,(H,30,33). The van der Waals surface area contributed by atoms with Crippen molar-refractivity contribution >= 4 is 29.3 Å². The van der Waals surface area contributed by atoms with Crippen LogP contribution >= 0.6 is 11.6 Å². The minimum Gasteiger partial charge on any atom is -0.497 e. The summed E-state index contributed by atoms with van der Waals surface area (Å²) in [6, 6.07) is 24.2. The molecule has 0 aliphatic heterocycles. The van der Waals surface area contributed by atoms with E-state index in [2.05, 4.69) is 5.32 Å². The van der Waals surface area contributed by atoms with Crippen LogP contribution in [-0.2, 0) is 4.79 Å². The molecule has 1 amide bonds. The zero-order valence-corrected chi connectivity index (χ0v) is 19.4. The third kappa shape index (κ3) is 4.85. The SMILES string of the molecule is COc1ccc(-c2nn(-c3ccccc3)cc2C=C(C#N)C(=O)Nc2ccccc2Cl)c(C)c1. The summed E-state index contributed by atoms with van der Waals surface area (Å²) in [5.41, 5.74) is 4.30. The van der Waals surface area contributed by atoms with Crippen LogP contribution in [0.25, 0.3) is 23.0 Å². The Hall–Kier alpha value is -4.34. The van der Waals surface area contributed by atoms with E-state index in [1.807, 2.05) is 61.5 Å². The lowest BCUT2D eigenvalue weighted by Crippen LogP contribution is -2.13. The maximum Gasteiger partial charge on any atom is 0.266 e. The molecule has 1 N–H and O–H groups in total. The molecule has 4 rings (SSSR count). The molecule has 0 atom stereocenters. The first-order valence-corrected chi connectivity index (χ1v) is 10.9. The van der Waals surface area contributed by atoms with E-state index >= 15 is 0 Å². The van der Waals surface area contributed by atoms with Gasteiger partial charge < -0.3 is 10.1 Å². The fraction of sp³-hybridized carbons (Fsp3) is 0.0741. The summed E-state index contributed by atoms with van der Waals surface area (Å²) in [5, 5.41) is 17.6. The number of methoxy groups -OCH3 is 1. The normalized spacial score (nSPS) is 11.1. The monoisotopic (exact) mass is 468 g/mol. The first-order valence-electron chi connectivity index (χ1n) is 10.5. The molecule has 0 aliphatic rings. The van der Waals surface area contributed by atoms with Gasteiger partial charge in [0, 0.05) is 17.3 Å². The second kappa shape index (κ2) is 10.1. The number of halogens is 1. The van der Waals surface area contributed by atoms with Crippen LogP contribution in [0.5, 0.6) is 5.75 Å². The Kier molecular flexibility index (Phi) is 6.77. The number of anilines is 1. The van der Waals surface area contributed by atoms with Gasteiger partial charge in [-0.15, -0.1) is 0 Å². The Balaban J connectivity index is 1.80. The molecule has 34 heavy (non-hydrogen) atoms. The highest BCUT2D eigenvalue weighted by Gasteiger charge is 2.17.